The van der Waals surface area contributed by atoms with Crippen molar-refractivity contribution >= 4 is 84.5 Å². The highest BCUT2D eigenvalue weighted by molar-refractivity contribution is 6.14. The number of nitrogens with zero attached hydrogens (tertiary/aromatic N) is 4. The second-order valence-electron chi connectivity index (χ2n) is 19.3. The number of anilines is 11. The van der Waals surface area contributed by atoms with E-state index in [1.807, 2.05) is 0 Å². The molecule has 368 valence electrons. The Bertz CT molecular complexity index is 3900. The van der Waals surface area contributed by atoms with E-state index in [0.29, 0.717) is 0 Å². The van der Waals surface area contributed by atoms with E-state index < -0.39 is 0 Å². The first kappa shape index (κ1) is 46.7. The van der Waals surface area contributed by atoms with E-state index in [1.54, 1.807) is 0 Å². The summed E-state index contributed by atoms with van der Waals surface area (Å²) in [6.07, 6.45) is 7.86. The lowest BCUT2D eigenvalue weighted by Gasteiger charge is -2.29. The van der Waals surface area contributed by atoms with Crippen LogP contribution in [0.4, 0.5) is 62.6 Å². The number of para-hydroxylation sites is 8. The van der Waals surface area contributed by atoms with E-state index in [2.05, 4.69) is 329 Å². The molecule has 5 nitrogen and oxygen atoms in total. The Kier molecular flexibility index (Phi) is 12.7. The Balaban J connectivity index is 0.819. The molecule has 5 heteroatoms. The first-order chi connectivity index (χ1) is 38.2. The third-order valence-corrected chi connectivity index (χ3v) is 14.6. The van der Waals surface area contributed by atoms with Gasteiger partial charge in [0, 0.05) is 73.6 Å². The van der Waals surface area contributed by atoms with E-state index >= 15 is 0 Å². The maximum Gasteiger partial charge on any atom is 0.159 e. The summed E-state index contributed by atoms with van der Waals surface area (Å²) < 4.78 is 7.26. The predicted octanol–water partition coefficient (Wildman–Crippen LogP) is 20.4. The van der Waals surface area contributed by atoms with Crippen LogP contribution in [0.2, 0.25) is 0 Å². The van der Waals surface area contributed by atoms with E-state index in [-0.39, 0.29) is 5.92 Å². The lowest BCUT2D eigenvalue weighted by Crippen LogP contribution is -2.17. The van der Waals surface area contributed by atoms with Gasteiger partial charge in [0.1, 0.15) is 0 Å². The SMILES string of the molecule is C1=CC(c2ccc(N(c3ccccc3)c3ccccc3)cc2)CC=C1N(c1ccccc1)c1cccc2c1oc1c(N(c3ccccc3)c3ccc(-c4ccc(N(c5ccccc5)c5ccccc5)cc4)cc3)cccc12. The highest BCUT2D eigenvalue weighted by Crippen LogP contribution is 2.47. The summed E-state index contributed by atoms with van der Waals surface area (Å²) in [4.78, 5) is 9.25. The van der Waals surface area contributed by atoms with Crippen molar-refractivity contribution in [2.24, 2.45) is 0 Å². The summed E-state index contributed by atoms with van der Waals surface area (Å²) in [6.45, 7) is 0. The van der Waals surface area contributed by atoms with Gasteiger partial charge in [0.05, 0.1) is 11.4 Å². The molecular weight excluding hydrogens is 937 g/mol. The van der Waals surface area contributed by atoms with Crippen molar-refractivity contribution in [1.29, 1.82) is 0 Å². The van der Waals surface area contributed by atoms with Gasteiger partial charge >= 0.3 is 0 Å². The lowest BCUT2D eigenvalue weighted by molar-refractivity contribution is 0.669. The zero-order chi connectivity index (χ0) is 51.3. The number of hydrogen-bond donors (Lipinski definition) is 0. The van der Waals surface area contributed by atoms with Gasteiger partial charge in [-0.25, -0.2) is 0 Å². The Hall–Kier alpha value is -10.1. The van der Waals surface area contributed by atoms with Crippen LogP contribution in [-0.4, -0.2) is 0 Å². The molecule has 1 aliphatic rings. The van der Waals surface area contributed by atoms with E-state index in [4.69, 9.17) is 4.42 Å². The Labute approximate surface area is 450 Å². The average Bonchev–Trinajstić information content (AvgIpc) is 3.97. The van der Waals surface area contributed by atoms with Crippen LogP contribution in [0, 0.1) is 0 Å². The van der Waals surface area contributed by atoms with E-state index in [1.165, 1.54) is 5.56 Å². The largest absolute Gasteiger partial charge is 0.452 e. The molecule has 0 N–H and O–H groups in total. The lowest BCUT2D eigenvalue weighted by atomic mass is 9.91. The monoisotopic (exact) mass is 990 g/mol. The number of hydrogen-bond acceptors (Lipinski definition) is 5. The van der Waals surface area contributed by atoms with Crippen LogP contribution in [0.25, 0.3) is 33.1 Å². The Morgan fingerprint density at radius 3 is 0.987 bits per heavy atom. The molecule has 11 aromatic carbocycles. The molecule has 0 fully saturated rings. The third kappa shape index (κ3) is 9.32. The Morgan fingerprint density at radius 2 is 0.610 bits per heavy atom. The number of allylic oxidation sites excluding steroid dienone is 3. The van der Waals surface area contributed by atoms with Gasteiger partial charge in [0.25, 0.3) is 0 Å². The van der Waals surface area contributed by atoms with Gasteiger partial charge < -0.3 is 24.0 Å². The molecule has 1 atom stereocenters. The molecule has 13 rings (SSSR count). The highest BCUT2D eigenvalue weighted by atomic mass is 16.3. The van der Waals surface area contributed by atoms with Gasteiger partial charge in [-0.15, -0.1) is 0 Å². The number of fused-ring (bicyclic) bond motifs is 3. The van der Waals surface area contributed by atoms with Gasteiger partial charge in [-0.2, -0.15) is 0 Å². The van der Waals surface area contributed by atoms with Crippen molar-refractivity contribution in [2.75, 3.05) is 19.6 Å². The molecule has 1 unspecified atom stereocenters. The fourth-order valence-corrected chi connectivity index (χ4v) is 10.9. The van der Waals surface area contributed by atoms with Crippen LogP contribution in [0.15, 0.2) is 320 Å². The van der Waals surface area contributed by atoms with Gasteiger partial charge in [0.2, 0.25) is 0 Å². The summed E-state index contributed by atoms with van der Waals surface area (Å²) in [6, 6.07) is 103. The minimum Gasteiger partial charge on any atom is -0.452 e. The molecule has 0 aliphatic heterocycles. The summed E-state index contributed by atoms with van der Waals surface area (Å²) in [5, 5.41) is 2.11. The molecule has 0 saturated carbocycles. The van der Waals surface area contributed by atoms with Gasteiger partial charge in [-0.3, -0.25) is 0 Å². The number of furan rings is 1. The van der Waals surface area contributed by atoms with Crippen LogP contribution in [0.3, 0.4) is 0 Å². The topological polar surface area (TPSA) is 26.1 Å². The average molecular weight is 991 g/mol. The quantitative estimate of drug-likeness (QED) is 0.108. The van der Waals surface area contributed by atoms with Crippen molar-refractivity contribution in [1.82, 2.24) is 0 Å². The zero-order valence-electron chi connectivity index (χ0n) is 42.4. The van der Waals surface area contributed by atoms with Crippen LogP contribution in [0.1, 0.15) is 17.9 Å². The normalized spacial score (nSPS) is 13.0. The van der Waals surface area contributed by atoms with E-state index in [0.717, 1.165) is 108 Å². The summed E-state index contributed by atoms with van der Waals surface area (Å²) in [7, 11) is 0. The second kappa shape index (κ2) is 21.0. The maximum absolute atomic E-state index is 7.26. The fraction of sp³-hybridized carbons (Fsp3) is 0.0278. The van der Waals surface area contributed by atoms with E-state index in [9.17, 15) is 0 Å². The minimum atomic E-state index is 0.228. The molecule has 0 amide bonds. The molecule has 12 aromatic rings. The molecule has 0 bridgehead atoms. The molecule has 1 aromatic heterocycles. The van der Waals surface area contributed by atoms with Crippen molar-refractivity contribution in [3.05, 3.63) is 321 Å². The molecule has 0 spiro atoms. The second-order valence-corrected chi connectivity index (χ2v) is 19.3. The van der Waals surface area contributed by atoms with Crippen molar-refractivity contribution in [3.8, 4) is 11.1 Å². The highest BCUT2D eigenvalue weighted by Gasteiger charge is 2.25. The smallest absolute Gasteiger partial charge is 0.159 e. The molecule has 1 heterocycles. The molecule has 1 aliphatic carbocycles. The van der Waals surface area contributed by atoms with Gasteiger partial charge in [-0.1, -0.05) is 182 Å². The summed E-state index contributed by atoms with van der Waals surface area (Å²) in [5.74, 6) is 0.228. The first-order valence-electron chi connectivity index (χ1n) is 26.4. The van der Waals surface area contributed by atoms with Gasteiger partial charge in [-0.05, 0) is 151 Å². The Morgan fingerprint density at radius 1 is 0.286 bits per heavy atom. The molecular formula is C72H54N4O. The van der Waals surface area contributed by atoms with Crippen LogP contribution in [-0.2, 0) is 0 Å². The van der Waals surface area contributed by atoms with Crippen LogP contribution in [0.5, 0.6) is 0 Å². The standard InChI is InChI=1S/C72H54N4O/c1-7-21-57(22-8-1)73(58-23-9-2-10-24-58)63-45-37-53(38-46-63)55-41-49-65(50-42-55)75(61-29-15-5-16-30-61)69-35-19-33-67-68-34-20-36-70(72(68)77-71(67)69)76(62-31-17-6-18-32-62)66-51-43-56(44-52-66)54-39-47-64(48-40-54)74(59-25-11-3-12-26-59)60-27-13-4-14-28-60/h1-43,45-52,56H,44H2. The number of rotatable bonds is 14. The molecule has 77 heavy (non-hydrogen) atoms. The van der Waals surface area contributed by atoms with Crippen molar-refractivity contribution in [2.45, 2.75) is 12.3 Å². The van der Waals surface area contributed by atoms with Crippen LogP contribution < -0.4 is 19.6 Å². The summed E-state index contributed by atoms with van der Waals surface area (Å²) in [5.41, 5.74) is 18.1. The van der Waals surface area contributed by atoms with Crippen molar-refractivity contribution in [3.63, 3.8) is 0 Å². The van der Waals surface area contributed by atoms with Crippen LogP contribution >= 0.6 is 0 Å². The van der Waals surface area contributed by atoms with Crippen molar-refractivity contribution < 1.29 is 4.42 Å². The third-order valence-electron chi connectivity index (χ3n) is 14.6. The number of benzene rings is 11. The summed E-state index contributed by atoms with van der Waals surface area (Å²) >= 11 is 0. The fourth-order valence-electron chi connectivity index (χ4n) is 10.9. The zero-order valence-corrected chi connectivity index (χ0v) is 42.4. The minimum absolute atomic E-state index is 0.228. The van der Waals surface area contributed by atoms with Gasteiger partial charge in [0.15, 0.2) is 11.2 Å². The maximum atomic E-state index is 7.26. The predicted molar refractivity (Wildman–Crippen MR) is 323 cm³/mol. The molecule has 0 saturated heterocycles. The molecule has 0 radical (unpaired) electrons. The first-order valence-corrected chi connectivity index (χ1v) is 26.4.